The van der Waals surface area contributed by atoms with Gasteiger partial charge in [-0.1, -0.05) is 6.07 Å². The number of hydrogen-bond donors (Lipinski definition) is 1. The van der Waals surface area contributed by atoms with E-state index in [0.29, 0.717) is 10.3 Å². The summed E-state index contributed by atoms with van der Waals surface area (Å²) in [6, 6.07) is 14.4. The maximum absolute atomic E-state index is 13.4. The van der Waals surface area contributed by atoms with Gasteiger partial charge in [0.1, 0.15) is 5.82 Å². The van der Waals surface area contributed by atoms with Crippen LogP contribution in [0.2, 0.25) is 0 Å². The molecule has 0 spiro atoms. The highest BCUT2D eigenvalue weighted by molar-refractivity contribution is 7.71. The second-order valence-electron chi connectivity index (χ2n) is 4.77. The molecule has 0 radical (unpaired) electrons. The molecular weight excluding hydrogens is 285 g/mol. The number of pyridine rings is 1. The number of aromatic nitrogens is 3. The number of imidazole rings is 1. The minimum absolute atomic E-state index is 0.287. The fraction of sp³-hybridized carbons (Fsp3) is 0. The van der Waals surface area contributed by atoms with Gasteiger partial charge in [-0.15, -0.1) is 0 Å². The Kier molecular flexibility index (Phi) is 2.62. The lowest BCUT2D eigenvalue weighted by molar-refractivity contribution is 0.629. The van der Waals surface area contributed by atoms with Crippen molar-refractivity contribution in [2.45, 2.75) is 0 Å². The fourth-order valence-corrected chi connectivity index (χ4v) is 2.91. The van der Waals surface area contributed by atoms with Crippen LogP contribution in [-0.4, -0.2) is 14.5 Å². The van der Waals surface area contributed by atoms with Crippen LogP contribution in [0.5, 0.6) is 0 Å². The number of hydrogen-bond acceptors (Lipinski definition) is 2. The smallest absolute Gasteiger partial charge is 0.182 e. The molecule has 0 fully saturated rings. The molecule has 2 aromatic heterocycles. The van der Waals surface area contributed by atoms with Crippen molar-refractivity contribution in [2.24, 2.45) is 0 Å². The Morgan fingerprint density at radius 3 is 2.90 bits per heavy atom. The molecule has 0 saturated heterocycles. The van der Waals surface area contributed by atoms with E-state index in [2.05, 4.69) is 9.97 Å². The van der Waals surface area contributed by atoms with Gasteiger partial charge in [-0.2, -0.15) is 0 Å². The van der Waals surface area contributed by atoms with Gasteiger partial charge in [0, 0.05) is 11.6 Å². The van der Waals surface area contributed by atoms with Gasteiger partial charge in [-0.3, -0.25) is 9.55 Å². The van der Waals surface area contributed by atoms with Crippen molar-refractivity contribution >= 4 is 34.2 Å². The molecule has 2 aromatic carbocycles. The maximum atomic E-state index is 13.4. The van der Waals surface area contributed by atoms with Gasteiger partial charge in [0.25, 0.3) is 0 Å². The van der Waals surface area contributed by atoms with E-state index in [4.69, 9.17) is 12.2 Å². The molecule has 0 aliphatic carbocycles. The van der Waals surface area contributed by atoms with E-state index in [1.165, 1.54) is 12.1 Å². The molecule has 102 valence electrons. The standard InChI is InChI=1S/C16H10FN3S/c17-10-6-7-15-13(9-10)19-16(21)20(15)14-5-1-4-12-11(14)3-2-8-18-12/h1-9H,(H,19,21). The van der Waals surface area contributed by atoms with Crippen molar-refractivity contribution in [3.05, 3.63) is 65.3 Å². The third-order valence-electron chi connectivity index (χ3n) is 3.51. The quantitative estimate of drug-likeness (QED) is 0.529. The first kappa shape index (κ1) is 12.2. The highest BCUT2D eigenvalue weighted by Crippen LogP contribution is 2.25. The number of rotatable bonds is 1. The Balaban J connectivity index is 2.14. The summed E-state index contributed by atoms with van der Waals surface area (Å²) in [5.41, 5.74) is 3.36. The number of aromatic amines is 1. The van der Waals surface area contributed by atoms with Crippen LogP contribution in [0.3, 0.4) is 0 Å². The third kappa shape index (κ3) is 1.86. The highest BCUT2D eigenvalue weighted by atomic mass is 32.1. The zero-order valence-electron chi connectivity index (χ0n) is 10.9. The van der Waals surface area contributed by atoms with Gasteiger partial charge in [0.15, 0.2) is 4.77 Å². The van der Waals surface area contributed by atoms with Gasteiger partial charge in [0.2, 0.25) is 0 Å². The molecule has 21 heavy (non-hydrogen) atoms. The van der Waals surface area contributed by atoms with Gasteiger partial charge in [-0.05, 0) is 54.7 Å². The monoisotopic (exact) mass is 295 g/mol. The Morgan fingerprint density at radius 2 is 2.00 bits per heavy atom. The summed E-state index contributed by atoms with van der Waals surface area (Å²) >= 11 is 5.41. The third-order valence-corrected chi connectivity index (χ3v) is 3.79. The number of benzene rings is 2. The lowest BCUT2D eigenvalue weighted by atomic mass is 10.1. The minimum Gasteiger partial charge on any atom is -0.330 e. The lowest BCUT2D eigenvalue weighted by Crippen LogP contribution is -1.95. The Hall–Kier alpha value is -2.53. The van der Waals surface area contributed by atoms with E-state index in [-0.39, 0.29) is 5.82 Å². The van der Waals surface area contributed by atoms with E-state index in [9.17, 15) is 4.39 Å². The number of nitrogens with one attached hydrogen (secondary N) is 1. The van der Waals surface area contributed by atoms with Crippen LogP contribution in [0.1, 0.15) is 0 Å². The van der Waals surface area contributed by atoms with E-state index in [1.807, 2.05) is 34.9 Å². The van der Waals surface area contributed by atoms with E-state index in [1.54, 1.807) is 12.3 Å². The first-order valence-electron chi connectivity index (χ1n) is 6.48. The molecule has 2 heterocycles. The average molecular weight is 295 g/mol. The zero-order valence-corrected chi connectivity index (χ0v) is 11.7. The van der Waals surface area contributed by atoms with Gasteiger partial charge in [-0.25, -0.2) is 4.39 Å². The molecule has 1 N–H and O–H groups in total. The molecule has 0 amide bonds. The van der Waals surface area contributed by atoms with Crippen LogP contribution in [0.15, 0.2) is 54.7 Å². The first-order valence-corrected chi connectivity index (χ1v) is 6.89. The number of halogens is 1. The van der Waals surface area contributed by atoms with Crippen LogP contribution in [0, 0.1) is 10.6 Å². The molecular formula is C16H10FN3S. The molecule has 3 nitrogen and oxygen atoms in total. The van der Waals surface area contributed by atoms with Gasteiger partial charge >= 0.3 is 0 Å². The lowest BCUT2D eigenvalue weighted by Gasteiger charge is -2.08. The second-order valence-corrected chi connectivity index (χ2v) is 5.16. The largest absolute Gasteiger partial charge is 0.330 e. The summed E-state index contributed by atoms with van der Waals surface area (Å²) in [5.74, 6) is -0.287. The molecule has 4 aromatic rings. The van der Waals surface area contributed by atoms with E-state index in [0.717, 1.165) is 22.1 Å². The SMILES string of the molecule is Fc1ccc2c(c1)[nH]c(=S)n2-c1cccc2ncccc12. The minimum atomic E-state index is -0.287. The molecule has 4 rings (SSSR count). The molecule has 0 aliphatic heterocycles. The van der Waals surface area contributed by atoms with Crippen LogP contribution < -0.4 is 0 Å². The first-order chi connectivity index (χ1) is 10.2. The number of fused-ring (bicyclic) bond motifs is 2. The Morgan fingerprint density at radius 1 is 1.10 bits per heavy atom. The zero-order chi connectivity index (χ0) is 14.4. The number of H-pyrrole nitrogens is 1. The van der Waals surface area contributed by atoms with Crippen molar-refractivity contribution < 1.29 is 4.39 Å². The molecule has 0 aliphatic rings. The maximum Gasteiger partial charge on any atom is 0.182 e. The molecule has 5 heteroatoms. The summed E-state index contributed by atoms with van der Waals surface area (Å²) in [4.78, 5) is 7.41. The van der Waals surface area contributed by atoms with Crippen LogP contribution in [0.4, 0.5) is 4.39 Å². The van der Waals surface area contributed by atoms with E-state index < -0.39 is 0 Å². The van der Waals surface area contributed by atoms with Crippen LogP contribution in [0.25, 0.3) is 27.6 Å². The second kappa shape index (κ2) is 4.49. The van der Waals surface area contributed by atoms with Gasteiger partial charge in [0.05, 0.1) is 22.2 Å². The Bertz CT molecular complexity index is 1030. The topological polar surface area (TPSA) is 33.6 Å². The Labute approximate surface area is 124 Å². The summed E-state index contributed by atoms with van der Waals surface area (Å²) in [5, 5.41) is 1.00. The average Bonchev–Trinajstić information content (AvgIpc) is 2.81. The fourth-order valence-electron chi connectivity index (χ4n) is 2.61. The summed E-state index contributed by atoms with van der Waals surface area (Å²) in [7, 11) is 0. The normalized spacial score (nSPS) is 11.3. The van der Waals surface area contributed by atoms with Crippen molar-refractivity contribution in [2.75, 3.05) is 0 Å². The molecule has 0 unspecified atom stereocenters. The number of nitrogens with zero attached hydrogens (tertiary/aromatic N) is 2. The molecule has 0 atom stereocenters. The predicted molar refractivity (Wildman–Crippen MR) is 83.7 cm³/mol. The van der Waals surface area contributed by atoms with Crippen molar-refractivity contribution in [3.63, 3.8) is 0 Å². The van der Waals surface area contributed by atoms with Gasteiger partial charge < -0.3 is 4.98 Å². The van der Waals surface area contributed by atoms with Crippen molar-refractivity contribution in [3.8, 4) is 5.69 Å². The molecule has 0 bridgehead atoms. The van der Waals surface area contributed by atoms with Crippen LogP contribution >= 0.6 is 12.2 Å². The highest BCUT2D eigenvalue weighted by Gasteiger charge is 2.10. The summed E-state index contributed by atoms with van der Waals surface area (Å²) in [6.45, 7) is 0. The van der Waals surface area contributed by atoms with Crippen molar-refractivity contribution in [1.29, 1.82) is 0 Å². The van der Waals surface area contributed by atoms with Crippen LogP contribution in [-0.2, 0) is 0 Å². The summed E-state index contributed by atoms with van der Waals surface area (Å²) < 4.78 is 15.8. The summed E-state index contributed by atoms with van der Waals surface area (Å²) in [6.07, 6.45) is 1.76. The van der Waals surface area contributed by atoms with E-state index >= 15 is 0 Å². The van der Waals surface area contributed by atoms with Crippen molar-refractivity contribution in [1.82, 2.24) is 14.5 Å². The predicted octanol–water partition coefficient (Wildman–Crippen LogP) is 4.38. The molecule has 0 saturated carbocycles.